The summed E-state index contributed by atoms with van der Waals surface area (Å²) in [5.74, 6) is 2.43. The van der Waals surface area contributed by atoms with Gasteiger partial charge in [0.25, 0.3) is 0 Å². The molecule has 116 valence electrons. The Bertz CT molecular complexity index is 637. The second-order valence-electron chi connectivity index (χ2n) is 8.39. The van der Waals surface area contributed by atoms with Crippen LogP contribution in [0, 0.1) is 39.9 Å². The quantitative estimate of drug-likeness (QED) is 0.656. The van der Waals surface area contributed by atoms with Gasteiger partial charge in [0, 0.05) is 17.4 Å². The average Bonchev–Trinajstić information content (AvgIpc) is 2.84. The van der Waals surface area contributed by atoms with Crippen molar-refractivity contribution in [1.82, 2.24) is 0 Å². The van der Waals surface area contributed by atoms with E-state index in [0.29, 0.717) is 17.6 Å². The molecule has 0 saturated heterocycles. The van der Waals surface area contributed by atoms with Gasteiger partial charge >= 0.3 is 0 Å². The lowest BCUT2D eigenvalue weighted by Crippen LogP contribution is -2.50. The molecule has 0 heterocycles. The summed E-state index contributed by atoms with van der Waals surface area (Å²) >= 11 is 0. The minimum absolute atomic E-state index is 0.123. The van der Waals surface area contributed by atoms with Crippen LogP contribution in [0.3, 0.4) is 0 Å². The van der Waals surface area contributed by atoms with Gasteiger partial charge in [-0.15, -0.1) is 0 Å². The zero-order chi connectivity index (χ0) is 15.5. The highest BCUT2D eigenvalue weighted by atomic mass is 16.1. The molecular weight excluding hydrogens is 270 g/mol. The van der Waals surface area contributed by atoms with E-state index in [4.69, 9.17) is 0 Å². The maximum atomic E-state index is 11.8. The zero-order valence-corrected chi connectivity index (χ0v) is 13.7. The van der Waals surface area contributed by atoms with Crippen molar-refractivity contribution in [2.24, 2.45) is 28.6 Å². The molecule has 2 saturated carbocycles. The zero-order valence-electron chi connectivity index (χ0n) is 13.7. The van der Waals surface area contributed by atoms with Gasteiger partial charge in [-0.25, -0.2) is 0 Å². The van der Waals surface area contributed by atoms with E-state index in [1.807, 2.05) is 6.08 Å². The molecular formula is C20H25NO. The largest absolute Gasteiger partial charge is 0.295 e. The predicted molar refractivity (Wildman–Crippen MR) is 85.8 cm³/mol. The molecule has 5 atom stereocenters. The molecule has 4 aliphatic rings. The van der Waals surface area contributed by atoms with Crippen molar-refractivity contribution in [1.29, 1.82) is 5.26 Å². The van der Waals surface area contributed by atoms with E-state index >= 15 is 0 Å². The van der Waals surface area contributed by atoms with Gasteiger partial charge in [0.05, 0.1) is 6.07 Å². The van der Waals surface area contributed by atoms with Crippen LogP contribution in [0.25, 0.3) is 0 Å². The van der Waals surface area contributed by atoms with Gasteiger partial charge in [-0.2, -0.15) is 5.26 Å². The van der Waals surface area contributed by atoms with E-state index in [2.05, 4.69) is 26.0 Å². The van der Waals surface area contributed by atoms with E-state index in [0.717, 1.165) is 43.6 Å². The molecule has 4 aliphatic carbocycles. The van der Waals surface area contributed by atoms with Crippen molar-refractivity contribution < 1.29 is 4.79 Å². The van der Waals surface area contributed by atoms with Crippen molar-refractivity contribution >= 4 is 5.78 Å². The molecule has 2 fully saturated rings. The Hall–Kier alpha value is -1.36. The van der Waals surface area contributed by atoms with Crippen LogP contribution in [0.4, 0.5) is 0 Å². The minimum Gasteiger partial charge on any atom is -0.295 e. The summed E-state index contributed by atoms with van der Waals surface area (Å²) in [7, 11) is 0. The Morgan fingerprint density at radius 2 is 1.95 bits per heavy atom. The topological polar surface area (TPSA) is 40.9 Å². The van der Waals surface area contributed by atoms with Crippen LogP contribution in [0.15, 0.2) is 23.3 Å². The molecule has 0 bridgehead atoms. The van der Waals surface area contributed by atoms with Crippen LogP contribution >= 0.6 is 0 Å². The fourth-order valence-electron chi connectivity index (χ4n) is 6.30. The Morgan fingerprint density at radius 3 is 2.73 bits per heavy atom. The summed E-state index contributed by atoms with van der Waals surface area (Å²) in [5, 5.41) is 9.47. The summed E-state index contributed by atoms with van der Waals surface area (Å²) in [6, 6.07) is 2.48. The minimum atomic E-state index is 0.123. The molecule has 22 heavy (non-hydrogen) atoms. The standard InChI is InChI=1S/C20H25NO/c1-19-9-7-15(22)11-13(19)3-5-16-17-6-4-14(12-21)20(17,2)10-8-18(16)19/h4,11,16-18H,3,5-10H2,1-2H3/t16?,17?,18?,19-,20+/m0/s1. The maximum Gasteiger partial charge on any atom is 0.155 e. The summed E-state index contributed by atoms with van der Waals surface area (Å²) in [5.41, 5.74) is 2.84. The van der Waals surface area contributed by atoms with Gasteiger partial charge < -0.3 is 0 Å². The third-order valence-electron chi connectivity index (χ3n) is 7.66. The Balaban J connectivity index is 1.69. The first kappa shape index (κ1) is 14.2. The maximum absolute atomic E-state index is 11.8. The van der Waals surface area contributed by atoms with Crippen molar-refractivity contribution in [2.45, 2.75) is 58.8 Å². The van der Waals surface area contributed by atoms with Crippen molar-refractivity contribution in [3.8, 4) is 6.07 Å². The van der Waals surface area contributed by atoms with Gasteiger partial charge in [0.1, 0.15) is 0 Å². The smallest absolute Gasteiger partial charge is 0.155 e. The van der Waals surface area contributed by atoms with Crippen LogP contribution in [-0.2, 0) is 4.79 Å². The highest BCUT2D eigenvalue weighted by molar-refractivity contribution is 5.91. The lowest BCUT2D eigenvalue weighted by atomic mass is 9.47. The van der Waals surface area contributed by atoms with Crippen LogP contribution in [0.5, 0.6) is 0 Å². The van der Waals surface area contributed by atoms with Gasteiger partial charge in [0.15, 0.2) is 5.78 Å². The van der Waals surface area contributed by atoms with Crippen molar-refractivity contribution in [2.75, 3.05) is 0 Å². The Morgan fingerprint density at radius 1 is 1.14 bits per heavy atom. The fourth-order valence-corrected chi connectivity index (χ4v) is 6.30. The number of nitrogens with zero attached hydrogens (tertiary/aromatic N) is 1. The molecule has 0 amide bonds. The van der Waals surface area contributed by atoms with E-state index < -0.39 is 0 Å². The lowest BCUT2D eigenvalue weighted by Gasteiger charge is -2.57. The second kappa shape index (κ2) is 4.57. The van der Waals surface area contributed by atoms with E-state index in [1.165, 1.54) is 18.4 Å². The number of hydrogen-bond donors (Lipinski definition) is 0. The number of hydrogen-bond acceptors (Lipinski definition) is 2. The van der Waals surface area contributed by atoms with Crippen LogP contribution in [-0.4, -0.2) is 5.78 Å². The molecule has 0 N–H and O–H groups in total. The summed E-state index contributed by atoms with van der Waals surface area (Å²) in [6.45, 7) is 4.74. The van der Waals surface area contributed by atoms with Gasteiger partial charge in [0.2, 0.25) is 0 Å². The monoisotopic (exact) mass is 295 g/mol. The van der Waals surface area contributed by atoms with Crippen molar-refractivity contribution in [3.05, 3.63) is 23.3 Å². The fraction of sp³-hybridized carbons (Fsp3) is 0.700. The predicted octanol–water partition coefficient (Wildman–Crippen LogP) is 4.58. The third-order valence-corrected chi connectivity index (χ3v) is 7.66. The van der Waals surface area contributed by atoms with Crippen LogP contribution in [0.1, 0.15) is 58.8 Å². The molecule has 0 aromatic heterocycles. The molecule has 3 unspecified atom stereocenters. The van der Waals surface area contributed by atoms with Gasteiger partial charge in [-0.3, -0.25) is 4.79 Å². The molecule has 2 nitrogen and oxygen atoms in total. The van der Waals surface area contributed by atoms with Crippen LogP contribution in [0.2, 0.25) is 0 Å². The number of carbonyl (C=O) groups excluding carboxylic acids is 1. The number of nitriles is 1. The summed E-state index contributed by atoms with van der Waals surface area (Å²) in [4.78, 5) is 11.8. The number of rotatable bonds is 0. The first-order chi connectivity index (χ1) is 10.5. The first-order valence-electron chi connectivity index (χ1n) is 8.83. The SMILES string of the molecule is C[C@]12CCC(=O)C=C1CCC1C2CC[C@]2(C)C(C#N)=CCC12. The molecule has 4 rings (SSSR count). The van der Waals surface area contributed by atoms with Gasteiger partial charge in [-0.1, -0.05) is 25.5 Å². The number of ketones is 1. The molecule has 0 aliphatic heterocycles. The summed E-state index contributed by atoms with van der Waals surface area (Å²) in [6.07, 6.45) is 11.7. The van der Waals surface area contributed by atoms with E-state index in [-0.39, 0.29) is 10.8 Å². The average molecular weight is 295 g/mol. The molecule has 0 aromatic rings. The number of carbonyl (C=O) groups is 1. The molecule has 2 heteroatoms. The van der Waals surface area contributed by atoms with Gasteiger partial charge in [-0.05, 0) is 67.8 Å². The Labute approximate surface area is 133 Å². The van der Waals surface area contributed by atoms with E-state index in [1.54, 1.807) is 0 Å². The number of fused-ring (bicyclic) bond motifs is 5. The highest BCUT2D eigenvalue weighted by Crippen LogP contribution is 2.65. The highest BCUT2D eigenvalue weighted by Gasteiger charge is 2.57. The van der Waals surface area contributed by atoms with E-state index in [9.17, 15) is 10.1 Å². The molecule has 0 radical (unpaired) electrons. The first-order valence-corrected chi connectivity index (χ1v) is 8.83. The van der Waals surface area contributed by atoms with Crippen LogP contribution < -0.4 is 0 Å². The lowest BCUT2D eigenvalue weighted by molar-refractivity contribution is -0.117. The number of allylic oxidation sites excluding steroid dienone is 4. The normalized spacial score (nSPS) is 46.8. The Kier molecular flexibility index (Phi) is 2.96. The third kappa shape index (κ3) is 1.69. The summed E-state index contributed by atoms with van der Waals surface area (Å²) < 4.78 is 0. The van der Waals surface area contributed by atoms with Crippen molar-refractivity contribution in [3.63, 3.8) is 0 Å². The molecule has 0 aromatic carbocycles. The second-order valence-corrected chi connectivity index (χ2v) is 8.39. The molecule has 0 spiro atoms.